The molecule has 0 aliphatic rings. The Labute approximate surface area is 128 Å². The summed E-state index contributed by atoms with van der Waals surface area (Å²) >= 11 is 5.87. The summed E-state index contributed by atoms with van der Waals surface area (Å²) in [4.78, 5) is -0.0825. The van der Waals surface area contributed by atoms with Gasteiger partial charge in [-0.2, -0.15) is 5.26 Å². The fourth-order valence-corrected chi connectivity index (χ4v) is 3.17. The molecule has 0 saturated carbocycles. The van der Waals surface area contributed by atoms with Crippen molar-refractivity contribution in [2.45, 2.75) is 11.8 Å². The third kappa shape index (κ3) is 3.27. The standard InChI is InChI=1S/C14H12ClN3O2S/c1-9-2-4-11(15)7-13(9)18-21(19,20)14-5-3-10(8-16)6-12(14)17/h2-7,18H,17H2,1H3. The average Bonchev–Trinajstić information content (AvgIpc) is 2.42. The Balaban J connectivity index is 2.44. The smallest absolute Gasteiger partial charge is 0.263 e. The molecular weight excluding hydrogens is 310 g/mol. The first-order valence-corrected chi connectivity index (χ1v) is 7.78. The summed E-state index contributed by atoms with van der Waals surface area (Å²) in [6, 6.07) is 10.8. The summed E-state index contributed by atoms with van der Waals surface area (Å²) in [6.07, 6.45) is 0. The van der Waals surface area contributed by atoms with Gasteiger partial charge in [0.05, 0.1) is 23.0 Å². The Hall–Kier alpha value is -2.23. The molecule has 0 aliphatic carbocycles. The molecule has 108 valence electrons. The van der Waals surface area contributed by atoms with Gasteiger partial charge in [0.2, 0.25) is 0 Å². The molecule has 2 aromatic rings. The third-order valence-electron chi connectivity index (χ3n) is 2.87. The van der Waals surface area contributed by atoms with Crippen LogP contribution in [0.3, 0.4) is 0 Å². The second kappa shape index (κ2) is 5.64. The molecule has 2 rings (SSSR count). The molecular formula is C14H12ClN3O2S. The van der Waals surface area contributed by atoms with E-state index in [1.807, 2.05) is 6.07 Å². The maximum atomic E-state index is 12.4. The van der Waals surface area contributed by atoms with Crippen LogP contribution >= 0.6 is 11.6 Å². The maximum Gasteiger partial charge on any atom is 0.263 e. The number of anilines is 2. The lowest BCUT2D eigenvalue weighted by molar-refractivity contribution is 0.601. The Kier molecular flexibility index (Phi) is 4.07. The van der Waals surface area contributed by atoms with Gasteiger partial charge in [0.1, 0.15) is 4.90 Å². The normalized spacial score (nSPS) is 10.9. The van der Waals surface area contributed by atoms with Crippen LogP contribution in [0.15, 0.2) is 41.3 Å². The van der Waals surface area contributed by atoms with Crippen molar-refractivity contribution in [3.63, 3.8) is 0 Å². The fourth-order valence-electron chi connectivity index (χ4n) is 1.77. The largest absolute Gasteiger partial charge is 0.398 e. The third-order valence-corrected chi connectivity index (χ3v) is 4.55. The summed E-state index contributed by atoms with van der Waals surface area (Å²) in [6.45, 7) is 1.76. The van der Waals surface area contributed by atoms with E-state index in [2.05, 4.69) is 4.72 Å². The van der Waals surface area contributed by atoms with Crippen molar-refractivity contribution in [3.05, 3.63) is 52.5 Å². The quantitative estimate of drug-likeness (QED) is 0.849. The highest BCUT2D eigenvalue weighted by molar-refractivity contribution is 7.92. The molecule has 2 aromatic carbocycles. The summed E-state index contributed by atoms with van der Waals surface area (Å²) in [7, 11) is -3.85. The van der Waals surface area contributed by atoms with Gasteiger partial charge in [0.25, 0.3) is 10.0 Å². The number of sulfonamides is 1. The van der Waals surface area contributed by atoms with E-state index >= 15 is 0 Å². The zero-order valence-electron chi connectivity index (χ0n) is 11.1. The van der Waals surface area contributed by atoms with Crippen LogP contribution in [0.5, 0.6) is 0 Å². The molecule has 5 nitrogen and oxygen atoms in total. The monoisotopic (exact) mass is 321 g/mol. The zero-order valence-corrected chi connectivity index (χ0v) is 12.7. The first-order valence-electron chi connectivity index (χ1n) is 5.92. The van der Waals surface area contributed by atoms with E-state index in [-0.39, 0.29) is 10.6 Å². The van der Waals surface area contributed by atoms with Crippen molar-refractivity contribution < 1.29 is 8.42 Å². The van der Waals surface area contributed by atoms with Crippen LogP contribution in [0.2, 0.25) is 5.02 Å². The first kappa shape index (κ1) is 15.2. The van der Waals surface area contributed by atoms with Gasteiger partial charge in [0.15, 0.2) is 0 Å². The van der Waals surface area contributed by atoms with Gasteiger partial charge in [-0.05, 0) is 42.8 Å². The lowest BCUT2D eigenvalue weighted by Crippen LogP contribution is -2.15. The molecule has 21 heavy (non-hydrogen) atoms. The predicted octanol–water partition coefficient (Wildman–Crippen LogP) is 2.90. The molecule has 0 heterocycles. The van der Waals surface area contributed by atoms with Gasteiger partial charge < -0.3 is 5.73 Å². The molecule has 0 radical (unpaired) electrons. The lowest BCUT2D eigenvalue weighted by atomic mass is 10.2. The highest BCUT2D eigenvalue weighted by atomic mass is 35.5. The Morgan fingerprint density at radius 1 is 1.24 bits per heavy atom. The molecule has 0 aromatic heterocycles. The molecule has 0 amide bonds. The number of nitrogens with zero attached hydrogens (tertiary/aromatic N) is 1. The van der Waals surface area contributed by atoms with Crippen LogP contribution in [0.1, 0.15) is 11.1 Å². The number of nitriles is 1. The van der Waals surface area contributed by atoms with Crippen LogP contribution in [-0.2, 0) is 10.0 Å². The van der Waals surface area contributed by atoms with E-state index in [1.165, 1.54) is 24.3 Å². The van der Waals surface area contributed by atoms with Crippen molar-refractivity contribution >= 4 is 33.0 Å². The summed E-state index contributed by atoms with van der Waals surface area (Å²) < 4.78 is 27.2. The minimum Gasteiger partial charge on any atom is -0.398 e. The predicted molar refractivity (Wildman–Crippen MR) is 82.6 cm³/mol. The fraction of sp³-hybridized carbons (Fsp3) is 0.0714. The number of benzene rings is 2. The van der Waals surface area contributed by atoms with E-state index in [0.717, 1.165) is 5.56 Å². The molecule has 3 N–H and O–H groups in total. The van der Waals surface area contributed by atoms with E-state index in [0.29, 0.717) is 16.3 Å². The number of nitrogens with one attached hydrogen (secondary N) is 1. The summed E-state index contributed by atoms with van der Waals surface area (Å²) in [5, 5.41) is 9.19. The first-order chi connectivity index (χ1) is 9.83. The van der Waals surface area contributed by atoms with Crippen molar-refractivity contribution in [3.8, 4) is 6.07 Å². The minimum absolute atomic E-state index is 0.0150. The number of halogens is 1. The van der Waals surface area contributed by atoms with Gasteiger partial charge in [-0.25, -0.2) is 8.42 Å². The van der Waals surface area contributed by atoms with Crippen molar-refractivity contribution in [2.75, 3.05) is 10.5 Å². The molecule has 0 atom stereocenters. The highest BCUT2D eigenvalue weighted by Gasteiger charge is 2.18. The number of nitrogen functional groups attached to an aromatic ring is 1. The topological polar surface area (TPSA) is 96.0 Å². The number of rotatable bonds is 3. The van der Waals surface area contributed by atoms with Gasteiger partial charge in [-0.15, -0.1) is 0 Å². The van der Waals surface area contributed by atoms with Crippen molar-refractivity contribution in [1.29, 1.82) is 5.26 Å². The summed E-state index contributed by atoms with van der Waals surface area (Å²) in [5.74, 6) is 0. The van der Waals surface area contributed by atoms with Crippen molar-refractivity contribution in [2.24, 2.45) is 0 Å². The molecule has 0 saturated heterocycles. The van der Waals surface area contributed by atoms with Crippen molar-refractivity contribution in [1.82, 2.24) is 0 Å². The van der Waals surface area contributed by atoms with Gasteiger partial charge in [0, 0.05) is 5.02 Å². The van der Waals surface area contributed by atoms with E-state index in [9.17, 15) is 8.42 Å². The number of hydrogen-bond acceptors (Lipinski definition) is 4. The second-order valence-corrected chi connectivity index (χ2v) is 6.52. The van der Waals surface area contributed by atoms with E-state index in [4.69, 9.17) is 22.6 Å². The Bertz CT molecular complexity index is 842. The summed E-state index contributed by atoms with van der Waals surface area (Å²) in [5.41, 5.74) is 7.13. The Morgan fingerprint density at radius 3 is 2.57 bits per heavy atom. The second-order valence-electron chi connectivity index (χ2n) is 4.43. The number of aryl methyl sites for hydroxylation is 1. The molecule has 0 fully saturated rings. The molecule has 0 bridgehead atoms. The maximum absolute atomic E-state index is 12.4. The SMILES string of the molecule is Cc1ccc(Cl)cc1NS(=O)(=O)c1ccc(C#N)cc1N. The highest BCUT2D eigenvalue weighted by Crippen LogP contribution is 2.26. The van der Waals surface area contributed by atoms with Gasteiger partial charge in [-0.3, -0.25) is 4.72 Å². The van der Waals surface area contributed by atoms with Gasteiger partial charge >= 0.3 is 0 Å². The molecule has 0 spiro atoms. The van der Waals surface area contributed by atoms with Gasteiger partial charge in [-0.1, -0.05) is 17.7 Å². The zero-order chi connectivity index (χ0) is 15.6. The van der Waals surface area contributed by atoms with E-state index in [1.54, 1.807) is 19.1 Å². The molecule has 0 aliphatic heterocycles. The Morgan fingerprint density at radius 2 is 1.95 bits per heavy atom. The average molecular weight is 322 g/mol. The minimum atomic E-state index is -3.85. The van der Waals surface area contributed by atoms with E-state index < -0.39 is 10.0 Å². The number of hydrogen-bond donors (Lipinski definition) is 2. The van der Waals surface area contributed by atoms with Crippen LogP contribution in [0, 0.1) is 18.3 Å². The van der Waals surface area contributed by atoms with Crippen LogP contribution < -0.4 is 10.5 Å². The molecule has 7 heteroatoms. The molecule has 0 unspecified atom stereocenters. The van der Waals surface area contributed by atoms with Crippen LogP contribution in [0.25, 0.3) is 0 Å². The van der Waals surface area contributed by atoms with Crippen LogP contribution in [0.4, 0.5) is 11.4 Å². The van der Waals surface area contributed by atoms with Crippen LogP contribution in [-0.4, -0.2) is 8.42 Å². The number of nitrogens with two attached hydrogens (primary N) is 1. The lowest BCUT2D eigenvalue weighted by Gasteiger charge is -2.12.